The third-order valence-corrected chi connectivity index (χ3v) is 5.27. The summed E-state index contributed by atoms with van der Waals surface area (Å²) in [5, 5.41) is 7.88. The Hall–Kier alpha value is -1.01. The second kappa shape index (κ2) is 7.84. The number of aromatic nitrogens is 2. The Labute approximate surface area is 135 Å². The number of thiophene rings is 1. The van der Waals surface area contributed by atoms with E-state index in [2.05, 4.69) is 53.7 Å². The fraction of sp³-hybridized carbons (Fsp3) is 0.600. The van der Waals surface area contributed by atoms with E-state index < -0.39 is 0 Å². The summed E-state index contributed by atoms with van der Waals surface area (Å²) >= 11 is 3.65. The number of hydrogen-bond donors (Lipinski definition) is 2. The van der Waals surface area contributed by atoms with E-state index in [4.69, 9.17) is 0 Å². The van der Waals surface area contributed by atoms with Gasteiger partial charge in [0, 0.05) is 18.0 Å². The molecule has 2 aromatic heterocycles. The molecule has 0 aliphatic heterocycles. The fourth-order valence-electron chi connectivity index (χ4n) is 2.13. The van der Waals surface area contributed by atoms with E-state index in [0.29, 0.717) is 5.92 Å². The molecule has 1 atom stereocenters. The van der Waals surface area contributed by atoms with E-state index in [1.54, 1.807) is 11.3 Å². The first-order valence-corrected chi connectivity index (χ1v) is 9.66. The van der Waals surface area contributed by atoms with Crippen LogP contribution < -0.4 is 10.6 Å². The molecule has 2 aromatic rings. The van der Waals surface area contributed by atoms with E-state index in [1.807, 2.05) is 11.8 Å². The van der Waals surface area contributed by atoms with Crippen LogP contribution in [0.5, 0.6) is 0 Å². The molecule has 2 heterocycles. The Balaban J connectivity index is 2.27. The van der Waals surface area contributed by atoms with Crippen LogP contribution in [-0.2, 0) is 6.42 Å². The van der Waals surface area contributed by atoms with Crippen molar-refractivity contribution in [1.29, 1.82) is 0 Å². The molecule has 21 heavy (non-hydrogen) atoms. The van der Waals surface area contributed by atoms with E-state index in [9.17, 15) is 0 Å². The quantitative estimate of drug-likeness (QED) is 0.766. The maximum atomic E-state index is 4.64. The molecule has 2 N–H and O–H groups in total. The molecule has 0 bridgehead atoms. The minimum absolute atomic E-state index is 0.622. The van der Waals surface area contributed by atoms with Gasteiger partial charge in [-0.05, 0) is 37.3 Å². The maximum Gasteiger partial charge on any atom is 0.226 e. The summed E-state index contributed by atoms with van der Waals surface area (Å²) in [7, 11) is 0. The number of anilines is 2. The van der Waals surface area contributed by atoms with Crippen LogP contribution in [0.1, 0.15) is 25.6 Å². The molecular weight excluding hydrogens is 300 g/mol. The number of fused-ring (bicyclic) bond motifs is 1. The van der Waals surface area contributed by atoms with Crippen LogP contribution in [0.2, 0.25) is 0 Å². The highest BCUT2D eigenvalue weighted by molar-refractivity contribution is 7.98. The van der Waals surface area contributed by atoms with Gasteiger partial charge in [0.2, 0.25) is 5.95 Å². The second-order valence-corrected chi connectivity index (χ2v) is 7.18. The summed E-state index contributed by atoms with van der Waals surface area (Å²) < 4.78 is 0. The number of nitrogens with one attached hydrogen (secondary N) is 2. The Morgan fingerprint density at radius 1 is 1.29 bits per heavy atom. The lowest BCUT2D eigenvalue weighted by Gasteiger charge is -2.13. The predicted octanol–water partition coefficient (Wildman–Crippen LogP) is 4.10. The summed E-state index contributed by atoms with van der Waals surface area (Å²) in [5.74, 6) is 3.46. The van der Waals surface area contributed by atoms with Gasteiger partial charge in [0.1, 0.15) is 10.6 Å². The average molecular weight is 325 g/mol. The fourth-order valence-corrected chi connectivity index (χ4v) is 3.79. The topological polar surface area (TPSA) is 49.8 Å². The zero-order chi connectivity index (χ0) is 15.2. The highest BCUT2D eigenvalue weighted by Crippen LogP contribution is 2.30. The van der Waals surface area contributed by atoms with Crippen LogP contribution in [0.3, 0.4) is 0 Å². The van der Waals surface area contributed by atoms with E-state index >= 15 is 0 Å². The first-order valence-electron chi connectivity index (χ1n) is 7.45. The van der Waals surface area contributed by atoms with Gasteiger partial charge in [0.15, 0.2) is 0 Å². The molecule has 0 amide bonds. The molecule has 0 aromatic carbocycles. The van der Waals surface area contributed by atoms with Gasteiger partial charge in [0.05, 0.1) is 5.39 Å². The molecular formula is C15H24N4S2. The molecule has 4 nitrogen and oxygen atoms in total. The zero-order valence-electron chi connectivity index (χ0n) is 13.2. The molecule has 0 aliphatic rings. The van der Waals surface area contributed by atoms with E-state index in [0.717, 1.165) is 47.2 Å². The van der Waals surface area contributed by atoms with Crippen molar-refractivity contribution in [2.45, 2.75) is 27.2 Å². The summed E-state index contributed by atoms with van der Waals surface area (Å²) in [6.07, 6.45) is 3.19. The molecule has 2 rings (SSSR count). The number of thioether (sulfide) groups is 1. The van der Waals surface area contributed by atoms with Crippen LogP contribution in [0, 0.1) is 5.92 Å². The highest BCUT2D eigenvalue weighted by Gasteiger charge is 2.12. The molecule has 6 heteroatoms. The molecule has 0 fully saturated rings. The lowest BCUT2D eigenvalue weighted by molar-refractivity contribution is 0.700. The van der Waals surface area contributed by atoms with Crippen LogP contribution in [0.4, 0.5) is 11.8 Å². The summed E-state index contributed by atoms with van der Waals surface area (Å²) in [6, 6.07) is 2.22. The largest absolute Gasteiger partial charge is 0.369 e. The number of nitrogens with zero attached hydrogens (tertiary/aromatic N) is 2. The average Bonchev–Trinajstić information content (AvgIpc) is 2.88. The molecule has 0 aliphatic carbocycles. The smallest absolute Gasteiger partial charge is 0.226 e. The maximum absolute atomic E-state index is 4.64. The summed E-state index contributed by atoms with van der Waals surface area (Å²) in [5.41, 5.74) is 0. The normalized spacial score (nSPS) is 12.6. The van der Waals surface area contributed by atoms with Crippen molar-refractivity contribution in [2.24, 2.45) is 5.92 Å². The van der Waals surface area contributed by atoms with Crippen molar-refractivity contribution in [2.75, 3.05) is 35.7 Å². The molecule has 116 valence electrons. The van der Waals surface area contributed by atoms with Crippen LogP contribution >= 0.6 is 23.1 Å². The number of rotatable bonds is 8. The van der Waals surface area contributed by atoms with Gasteiger partial charge in [0.25, 0.3) is 0 Å². The van der Waals surface area contributed by atoms with Crippen molar-refractivity contribution in [3.05, 3.63) is 10.9 Å². The molecule has 0 radical (unpaired) electrons. The predicted molar refractivity (Wildman–Crippen MR) is 97.0 cm³/mol. The molecule has 1 unspecified atom stereocenters. The molecule has 0 spiro atoms. The van der Waals surface area contributed by atoms with Gasteiger partial charge in [-0.3, -0.25) is 0 Å². The third-order valence-electron chi connectivity index (χ3n) is 3.20. The Morgan fingerprint density at radius 2 is 2.10 bits per heavy atom. The summed E-state index contributed by atoms with van der Waals surface area (Å²) in [4.78, 5) is 11.7. The lowest BCUT2D eigenvalue weighted by atomic mass is 10.2. The van der Waals surface area contributed by atoms with Crippen molar-refractivity contribution in [1.82, 2.24) is 9.97 Å². The molecule has 0 saturated carbocycles. The van der Waals surface area contributed by atoms with E-state index in [1.165, 1.54) is 4.88 Å². The Bertz CT molecular complexity index is 582. The standard InChI is InChI=1S/C15H24N4S2/c1-5-11-7-12-13(17-8-10(3)9-20-4)18-15(16-6-2)19-14(12)21-11/h7,10H,5-6,8-9H2,1-4H3,(H2,16,17,18,19). The van der Waals surface area contributed by atoms with Crippen molar-refractivity contribution < 1.29 is 0 Å². The van der Waals surface area contributed by atoms with Crippen molar-refractivity contribution >= 4 is 45.1 Å². The van der Waals surface area contributed by atoms with Crippen LogP contribution in [-0.4, -0.2) is 35.1 Å². The van der Waals surface area contributed by atoms with E-state index in [-0.39, 0.29) is 0 Å². The first-order chi connectivity index (χ1) is 10.2. The van der Waals surface area contributed by atoms with Gasteiger partial charge in [-0.25, -0.2) is 4.98 Å². The van der Waals surface area contributed by atoms with Crippen LogP contribution in [0.15, 0.2) is 6.07 Å². The molecule has 0 saturated heterocycles. The SMILES string of the molecule is CCNc1nc(NCC(C)CSC)c2cc(CC)sc2n1. The number of aryl methyl sites for hydroxylation is 1. The van der Waals surface area contributed by atoms with Gasteiger partial charge < -0.3 is 10.6 Å². The monoisotopic (exact) mass is 324 g/mol. The summed E-state index contributed by atoms with van der Waals surface area (Å²) in [6.45, 7) is 8.28. The number of hydrogen-bond acceptors (Lipinski definition) is 6. The zero-order valence-corrected chi connectivity index (χ0v) is 14.8. The Kier molecular flexibility index (Phi) is 6.11. The lowest BCUT2D eigenvalue weighted by Crippen LogP contribution is -2.15. The van der Waals surface area contributed by atoms with Gasteiger partial charge in [-0.15, -0.1) is 11.3 Å². The van der Waals surface area contributed by atoms with Gasteiger partial charge in [-0.1, -0.05) is 13.8 Å². The first kappa shape index (κ1) is 16.4. The van der Waals surface area contributed by atoms with Crippen LogP contribution in [0.25, 0.3) is 10.2 Å². The van der Waals surface area contributed by atoms with Gasteiger partial charge >= 0.3 is 0 Å². The highest BCUT2D eigenvalue weighted by atomic mass is 32.2. The van der Waals surface area contributed by atoms with Crippen molar-refractivity contribution in [3.63, 3.8) is 0 Å². The minimum Gasteiger partial charge on any atom is -0.369 e. The minimum atomic E-state index is 0.622. The van der Waals surface area contributed by atoms with Gasteiger partial charge in [-0.2, -0.15) is 16.7 Å². The second-order valence-electron chi connectivity index (χ2n) is 5.15. The Morgan fingerprint density at radius 3 is 2.76 bits per heavy atom. The van der Waals surface area contributed by atoms with Crippen molar-refractivity contribution in [3.8, 4) is 0 Å². The third kappa shape index (κ3) is 4.23.